The van der Waals surface area contributed by atoms with Crippen LogP contribution in [0.2, 0.25) is 0 Å². The Morgan fingerprint density at radius 1 is 0.871 bits per heavy atom. The topological polar surface area (TPSA) is 82.1 Å². The van der Waals surface area contributed by atoms with E-state index >= 15 is 0 Å². The number of carbonyl (C=O) groups excluding carboxylic acids is 3. The van der Waals surface area contributed by atoms with Gasteiger partial charge in [0.15, 0.2) is 0 Å². The molecule has 2 aromatic carbocycles. The average Bonchev–Trinajstić information content (AvgIpc) is 2.82. The highest BCUT2D eigenvalue weighted by Crippen LogP contribution is 2.19. The SMILES string of the molecule is COC(=O)C1CCN(C(=O)OCc2ccccc2)CC1.O=C(Cl)OCc1ccccc1. The number of halogens is 1. The van der Waals surface area contributed by atoms with Gasteiger partial charge in [-0.2, -0.15) is 0 Å². The third-order valence-corrected chi connectivity index (χ3v) is 4.80. The number of hydrogen-bond acceptors (Lipinski definition) is 6. The van der Waals surface area contributed by atoms with E-state index in [0.29, 0.717) is 25.9 Å². The summed E-state index contributed by atoms with van der Waals surface area (Å²) >= 11 is 4.97. The Hall–Kier alpha value is -3.06. The Morgan fingerprint density at radius 2 is 1.35 bits per heavy atom. The molecule has 0 aliphatic carbocycles. The molecule has 1 aliphatic heterocycles. The zero-order valence-corrected chi connectivity index (χ0v) is 18.1. The number of likely N-dealkylation sites (tertiary alicyclic amines) is 1. The Bertz CT molecular complexity index is 822. The van der Waals surface area contributed by atoms with Crippen LogP contribution in [0.1, 0.15) is 24.0 Å². The summed E-state index contributed by atoms with van der Waals surface area (Å²) in [6.07, 6.45) is 0.942. The van der Waals surface area contributed by atoms with Crippen molar-refractivity contribution in [3.05, 3.63) is 71.8 Å². The quantitative estimate of drug-likeness (QED) is 0.373. The van der Waals surface area contributed by atoms with Crippen LogP contribution in [-0.4, -0.2) is 42.6 Å². The summed E-state index contributed by atoms with van der Waals surface area (Å²) in [5.74, 6) is -0.291. The number of ether oxygens (including phenoxy) is 3. The molecule has 1 saturated heterocycles. The maximum atomic E-state index is 11.9. The first-order valence-corrected chi connectivity index (χ1v) is 10.3. The molecular formula is C23H26ClNO6. The van der Waals surface area contributed by atoms with E-state index in [1.54, 1.807) is 4.90 Å². The monoisotopic (exact) mass is 447 g/mol. The molecule has 0 aromatic heterocycles. The molecule has 2 aromatic rings. The van der Waals surface area contributed by atoms with Crippen molar-refractivity contribution in [3.63, 3.8) is 0 Å². The van der Waals surface area contributed by atoms with Crippen LogP contribution in [0.4, 0.5) is 9.59 Å². The molecule has 0 N–H and O–H groups in total. The van der Waals surface area contributed by atoms with E-state index in [9.17, 15) is 14.4 Å². The van der Waals surface area contributed by atoms with Crippen LogP contribution in [0.5, 0.6) is 0 Å². The predicted molar refractivity (Wildman–Crippen MR) is 115 cm³/mol. The van der Waals surface area contributed by atoms with Crippen LogP contribution in [0.25, 0.3) is 0 Å². The van der Waals surface area contributed by atoms with Crippen molar-refractivity contribution in [1.82, 2.24) is 4.90 Å². The van der Waals surface area contributed by atoms with Crippen molar-refractivity contribution in [2.45, 2.75) is 26.1 Å². The molecule has 7 nitrogen and oxygen atoms in total. The van der Waals surface area contributed by atoms with Gasteiger partial charge in [0.2, 0.25) is 0 Å². The van der Waals surface area contributed by atoms with Crippen molar-refractivity contribution in [3.8, 4) is 0 Å². The lowest BCUT2D eigenvalue weighted by Crippen LogP contribution is -2.40. The predicted octanol–water partition coefficient (Wildman–Crippen LogP) is 4.77. The van der Waals surface area contributed by atoms with Gasteiger partial charge in [0.1, 0.15) is 13.2 Å². The second-order valence-electron chi connectivity index (χ2n) is 6.84. The fourth-order valence-electron chi connectivity index (χ4n) is 2.99. The fourth-order valence-corrected chi connectivity index (χ4v) is 3.04. The summed E-state index contributed by atoms with van der Waals surface area (Å²) in [6, 6.07) is 18.9. The van der Waals surface area contributed by atoms with E-state index < -0.39 is 5.43 Å². The Labute approximate surface area is 186 Å². The molecule has 1 heterocycles. The lowest BCUT2D eigenvalue weighted by Gasteiger charge is -2.29. The second-order valence-corrected chi connectivity index (χ2v) is 7.15. The molecule has 166 valence electrons. The Morgan fingerprint density at radius 3 is 1.81 bits per heavy atom. The number of esters is 1. The van der Waals surface area contributed by atoms with Gasteiger partial charge in [0, 0.05) is 24.7 Å². The molecule has 1 amide bonds. The smallest absolute Gasteiger partial charge is 0.410 e. The third kappa shape index (κ3) is 9.09. The highest BCUT2D eigenvalue weighted by atomic mass is 35.5. The van der Waals surface area contributed by atoms with Gasteiger partial charge >= 0.3 is 17.5 Å². The van der Waals surface area contributed by atoms with Gasteiger partial charge in [-0.3, -0.25) is 4.79 Å². The number of amides is 1. The molecule has 0 saturated carbocycles. The van der Waals surface area contributed by atoms with Crippen molar-refractivity contribution in [2.24, 2.45) is 5.92 Å². The summed E-state index contributed by atoms with van der Waals surface area (Å²) < 4.78 is 14.5. The van der Waals surface area contributed by atoms with Gasteiger partial charge in [-0.15, -0.1) is 0 Å². The van der Waals surface area contributed by atoms with Crippen LogP contribution in [0.15, 0.2) is 60.7 Å². The molecule has 1 aliphatic rings. The van der Waals surface area contributed by atoms with Gasteiger partial charge < -0.3 is 19.1 Å². The first kappa shape index (κ1) is 24.2. The van der Waals surface area contributed by atoms with Crippen LogP contribution >= 0.6 is 11.6 Å². The van der Waals surface area contributed by atoms with E-state index in [4.69, 9.17) is 21.1 Å². The van der Waals surface area contributed by atoms with Crippen LogP contribution in [0.3, 0.4) is 0 Å². The molecule has 0 bridgehead atoms. The minimum atomic E-state index is -0.770. The second kappa shape index (κ2) is 13.3. The van der Waals surface area contributed by atoms with Crippen LogP contribution in [-0.2, 0) is 32.2 Å². The zero-order chi connectivity index (χ0) is 22.5. The summed E-state index contributed by atoms with van der Waals surface area (Å²) in [6.45, 7) is 1.58. The van der Waals surface area contributed by atoms with Gasteiger partial charge in [0.25, 0.3) is 0 Å². The van der Waals surface area contributed by atoms with E-state index in [0.717, 1.165) is 11.1 Å². The summed E-state index contributed by atoms with van der Waals surface area (Å²) in [5, 5.41) is 0. The number of carbonyl (C=O) groups is 3. The molecule has 8 heteroatoms. The molecule has 1 fully saturated rings. The largest absolute Gasteiger partial charge is 0.469 e. The maximum Gasteiger partial charge on any atom is 0.410 e. The Balaban J connectivity index is 0.000000262. The third-order valence-electron chi connectivity index (χ3n) is 4.69. The first-order valence-electron chi connectivity index (χ1n) is 9.89. The van der Waals surface area contributed by atoms with Gasteiger partial charge in [-0.25, -0.2) is 9.59 Å². The number of rotatable bonds is 5. The summed E-state index contributed by atoms with van der Waals surface area (Å²) in [7, 11) is 1.39. The van der Waals surface area contributed by atoms with Crippen molar-refractivity contribution in [1.29, 1.82) is 0 Å². The molecule has 3 rings (SSSR count). The van der Waals surface area contributed by atoms with Gasteiger partial charge in [0.05, 0.1) is 13.0 Å². The number of hydrogen-bond donors (Lipinski definition) is 0. The lowest BCUT2D eigenvalue weighted by molar-refractivity contribution is -0.146. The van der Waals surface area contributed by atoms with Gasteiger partial charge in [-0.1, -0.05) is 60.7 Å². The van der Waals surface area contributed by atoms with E-state index in [1.807, 2.05) is 60.7 Å². The van der Waals surface area contributed by atoms with Gasteiger partial charge in [-0.05, 0) is 24.0 Å². The summed E-state index contributed by atoms with van der Waals surface area (Å²) in [5.41, 5.74) is 1.13. The van der Waals surface area contributed by atoms with E-state index in [-0.39, 0.29) is 31.2 Å². The Kier molecular flexibility index (Phi) is 10.4. The zero-order valence-electron chi connectivity index (χ0n) is 17.4. The number of methoxy groups -OCH3 is 1. The number of benzene rings is 2. The van der Waals surface area contributed by atoms with Crippen molar-refractivity contribution >= 4 is 29.1 Å². The molecule has 0 atom stereocenters. The first-order chi connectivity index (χ1) is 15.0. The minimum absolute atomic E-state index is 0.0989. The standard InChI is InChI=1S/C15H19NO4.C8H7ClO2/c1-19-14(17)13-7-9-16(10-8-13)15(18)20-11-12-5-3-2-4-6-12;9-8(10)11-6-7-4-2-1-3-5-7/h2-6,13H,7-11H2,1H3;1-5H,6H2. The molecule has 0 radical (unpaired) electrons. The number of piperidine rings is 1. The highest BCUT2D eigenvalue weighted by molar-refractivity contribution is 6.61. The van der Waals surface area contributed by atoms with Crippen LogP contribution < -0.4 is 0 Å². The lowest BCUT2D eigenvalue weighted by atomic mass is 9.97. The van der Waals surface area contributed by atoms with Crippen LogP contribution in [0, 0.1) is 5.92 Å². The van der Waals surface area contributed by atoms with E-state index in [1.165, 1.54) is 7.11 Å². The minimum Gasteiger partial charge on any atom is -0.469 e. The molecule has 0 unspecified atom stereocenters. The summed E-state index contributed by atoms with van der Waals surface area (Å²) in [4.78, 5) is 35.1. The number of nitrogens with zero attached hydrogens (tertiary/aromatic N) is 1. The average molecular weight is 448 g/mol. The van der Waals surface area contributed by atoms with Crippen molar-refractivity contribution in [2.75, 3.05) is 20.2 Å². The maximum absolute atomic E-state index is 11.9. The highest BCUT2D eigenvalue weighted by Gasteiger charge is 2.28. The molecule has 0 spiro atoms. The normalized spacial score (nSPS) is 13.4. The molecular weight excluding hydrogens is 422 g/mol. The van der Waals surface area contributed by atoms with Crippen molar-refractivity contribution < 1.29 is 28.6 Å². The molecule has 31 heavy (non-hydrogen) atoms. The fraction of sp³-hybridized carbons (Fsp3) is 0.348. The van der Waals surface area contributed by atoms with E-state index in [2.05, 4.69) is 4.74 Å².